The van der Waals surface area contributed by atoms with Crippen LogP contribution >= 0.6 is 0 Å². The van der Waals surface area contributed by atoms with E-state index in [2.05, 4.69) is 0 Å². The zero-order valence-corrected chi connectivity index (χ0v) is 15.8. The van der Waals surface area contributed by atoms with Crippen LogP contribution in [-0.4, -0.2) is 30.8 Å². The second kappa shape index (κ2) is 7.12. The number of nitrogens with two attached hydrogens (primary N) is 1. The lowest BCUT2D eigenvalue weighted by atomic mass is 9.90. The van der Waals surface area contributed by atoms with E-state index in [1.165, 1.54) is 11.0 Å². The minimum atomic E-state index is -0.884. The Morgan fingerprint density at radius 2 is 1.63 bits per heavy atom. The summed E-state index contributed by atoms with van der Waals surface area (Å²) >= 11 is 0. The molecule has 0 radical (unpaired) electrons. The van der Waals surface area contributed by atoms with E-state index in [0.717, 1.165) is 0 Å². The standard InChI is InChI=1S/C21H24FN3O2/c1-21(2,3)19(26)13-25-18-11-7-6-10-17(18)24(12-15(23)20(25)27)16-9-5-4-8-14(16)22/h4-11,15H,12-13,23H2,1-3H3. The van der Waals surface area contributed by atoms with Crippen molar-refractivity contribution in [2.45, 2.75) is 26.8 Å². The molecule has 0 aliphatic carbocycles. The molecule has 2 aromatic rings. The summed E-state index contributed by atoms with van der Waals surface area (Å²) in [5.74, 6) is -0.817. The summed E-state index contributed by atoms with van der Waals surface area (Å²) in [5, 5.41) is 0. The fourth-order valence-electron chi connectivity index (χ4n) is 3.06. The summed E-state index contributed by atoms with van der Waals surface area (Å²) in [6.45, 7) is 5.49. The predicted octanol–water partition coefficient (Wildman–Crippen LogP) is 3.25. The third-order valence-corrected chi connectivity index (χ3v) is 4.71. The average molecular weight is 369 g/mol. The lowest BCUT2D eigenvalue weighted by Crippen LogP contribution is -2.49. The van der Waals surface area contributed by atoms with E-state index in [9.17, 15) is 14.0 Å². The van der Waals surface area contributed by atoms with E-state index < -0.39 is 17.3 Å². The molecule has 1 atom stereocenters. The van der Waals surface area contributed by atoms with Crippen LogP contribution in [-0.2, 0) is 9.59 Å². The Hall–Kier alpha value is -2.73. The number of anilines is 3. The first-order valence-electron chi connectivity index (χ1n) is 8.91. The van der Waals surface area contributed by atoms with Crippen LogP contribution in [0.4, 0.5) is 21.5 Å². The predicted molar refractivity (Wildman–Crippen MR) is 105 cm³/mol. The molecule has 2 aromatic carbocycles. The van der Waals surface area contributed by atoms with Crippen LogP contribution in [0.1, 0.15) is 20.8 Å². The molecule has 27 heavy (non-hydrogen) atoms. The number of Topliss-reactive ketones (excluding diaryl/α,β-unsaturated/α-hetero) is 1. The maximum Gasteiger partial charge on any atom is 0.246 e. The molecule has 142 valence electrons. The van der Waals surface area contributed by atoms with Gasteiger partial charge in [0.2, 0.25) is 5.91 Å². The van der Waals surface area contributed by atoms with Gasteiger partial charge in [-0.25, -0.2) is 4.39 Å². The van der Waals surface area contributed by atoms with Crippen molar-refractivity contribution in [2.75, 3.05) is 22.9 Å². The molecular formula is C21H24FN3O2. The van der Waals surface area contributed by atoms with Crippen molar-refractivity contribution in [1.82, 2.24) is 0 Å². The molecule has 0 saturated carbocycles. The second-order valence-corrected chi connectivity index (χ2v) is 7.75. The minimum absolute atomic E-state index is 0.0713. The molecule has 1 aliphatic rings. The number of hydrogen-bond acceptors (Lipinski definition) is 4. The molecule has 6 heteroatoms. The van der Waals surface area contributed by atoms with Gasteiger partial charge >= 0.3 is 0 Å². The monoisotopic (exact) mass is 369 g/mol. The van der Waals surface area contributed by atoms with Crippen molar-refractivity contribution in [3.8, 4) is 0 Å². The Bertz CT molecular complexity index is 876. The lowest BCUT2D eigenvalue weighted by Gasteiger charge is -2.28. The zero-order valence-electron chi connectivity index (χ0n) is 15.8. The number of hydrogen-bond donors (Lipinski definition) is 1. The van der Waals surface area contributed by atoms with Crippen LogP contribution in [0, 0.1) is 11.2 Å². The molecule has 1 unspecified atom stereocenters. The summed E-state index contributed by atoms with van der Waals surface area (Å²) in [6.07, 6.45) is 0. The number of amides is 1. The Kier molecular flexibility index (Phi) is 5.02. The van der Waals surface area contributed by atoms with Crippen molar-refractivity contribution < 1.29 is 14.0 Å². The van der Waals surface area contributed by atoms with Gasteiger partial charge in [-0.05, 0) is 24.3 Å². The number of para-hydroxylation sites is 3. The summed E-state index contributed by atoms with van der Waals surface area (Å²) in [5.41, 5.74) is 7.10. The van der Waals surface area contributed by atoms with Crippen molar-refractivity contribution in [2.24, 2.45) is 11.1 Å². The van der Waals surface area contributed by atoms with E-state index in [0.29, 0.717) is 17.1 Å². The fourth-order valence-corrected chi connectivity index (χ4v) is 3.06. The van der Waals surface area contributed by atoms with E-state index in [4.69, 9.17) is 5.73 Å². The summed E-state index contributed by atoms with van der Waals surface area (Å²) < 4.78 is 14.5. The maximum atomic E-state index is 14.5. The van der Waals surface area contributed by atoms with E-state index in [-0.39, 0.29) is 24.8 Å². The fraction of sp³-hybridized carbons (Fsp3) is 0.333. The van der Waals surface area contributed by atoms with E-state index in [1.807, 2.05) is 32.9 Å². The minimum Gasteiger partial charge on any atom is -0.335 e. The Balaban J connectivity index is 2.11. The van der Waals surface area contributed by atoms with Gasteiger partial charge in [0.05, 0.1) is 23.6 Å². The molecule has 0 fully saturated rings. The number of halogens is 1. The van der Waals surface area contributed by atoms with E-state index in [1.54, 1.807) is 35.2 Å². The van der Waals surface area contributed by atoms with Crippen LogP contribution in [0.15, 0.2) is 48.5 Å². The van der Waals surface area contributed by atoms with Gasteiger partial charge in [0, 0.05) is 12.0 Å². The van der Waals surface area contributed by atoms with Gasteiger partial charge < -0.3 is 15.5 Å². The number of rotatable bonds is 3. The Morgan fingerprint density at radius 3 is 2.22 bits per heavy atom. The molecule has 5 nitrogen and oxygen atoms in total. The first-order valence-corrected chi connectivity index (χ1v) is 8.91. The van der Waals surface area contributed by atoms with Gasteiger partial charge in [-0.1, -0.05) is 45.0 Å². The zero-order chi connectivity index (χ0) is 19.8. The van der Waals surface area contributed by atoms with Crippen molar-refractivity contribution in [1.29, 1.82) is 0 Å². The largest absolute Gasteiger partial charge is 0.335 e. The number of nitrogens with zero attached hydrogens (tertiary/aromatic N) is 2. The summed E-state index contributed by atoms with van der Waals surface area (Å²) in [7, 11) is 0. The van der Waals surface area contributed by atoms with Crippen LogP contribution in [0.5, 0.6) is 0 Å². The molecular weight excluding hydrogens is 345 g/mol. The number of benzene rings is 2. The third kappa shape index (κ3) is 3.71. The topological polar surface area (TPSA) is 66.6 Å². The average Bonchev–Trinajstić information content (AvgIpc) is 2.72. The van der Waals surface area contributed by atoms with Gasteiger partial charge in [0.25, 0.3) is 0 Å². The number of ketones is 1. The maximum absolute atomic E-state index is 14.5. The molecule has 1 amide bonds. The van der Waals surface area contributed by atoms with Crippen LogP contribution in [0.3, 0.4) is 0 Å². The number of carbonyl (C=O) groups is 2. The highest BCUT2D eigenvalue weighted by Crippen LogP contribution is 2.38. The molecule has 0 bridgehead atoms. The molecule has 0 saturated heterocycles. The molecule has 0 spiro atoms. The molecule has 0 aromatic heterocycles. The second-order valence-electron chi connectivity index (χ2n) is 7.75. The summed E-state index contributed by atoms with van der Waals surface area (Å²) in [6, 6.07) is 12.7. The molecule has 1 heterocycles. The van der Waals surface area contributed by atoms with Crippen LogP contribution in [0.25, 0.3) is 0 Å². The van der Waals surface area contributed by atoms with Crippen LogP contribution in [0.2, 0.25) is 0 Å². The van der Waals surface area contributed by atoms with Gasteiger partial charge in [0.1, 0.15) is 11.9 Å². The smallest absolute Gasteiger partial charge is 0.246 e. The van der Waals surface area contributed by atoms with Crippen molar-refractivity contribution >= 4 is 28.8 Å². The number of carbonyl (C=O) groups excluding carboxylic acids is 2. The molecule has 2 N–H and O–H groups in total. The quantitative estimate of drug-likeness (QED) is 0.902. The van der Waals surface area contributed by atoms with Crippen LogP contribution < -0.4 is 15.5 Å². The van der Waals surface area contributed by atoms with Gasteiger partial charge in [-0.15, -0.1) is 0 Å². The third-order valence-electron chi connectivity index (χ3n) is 4.71. The molecule has 3 rings (SSSR count). The van der Waals surface area contributed by atoms with Crippen molar-refractivity contribution in [3.05, 3.63) is 54.3 Å². The highest BCUT2D eigenvalue weighted by atomic mass is 19.1. The Labute approximate surface area is 158 Å². The SMILES string of the molecule is CC(C)(C)C(=O)CN1C(=O)C(N)CN(c2ccccc2F)c2ccccc21. The van der Waals surface area contributed by atoms with Crippen molar-refractivity contribution in [3.63, 3.8) is 0 Å². The highest BCUT2D eigenvalue weighted by Gasteiger charge is 2.35. The van der Waals surface area contributed by atoms with E-state index >= 15 is 0 Å². The van der Waals surface area contributed by atoms with Gasteiger partial charge in [0.15, 0.2) is 5.78 Å². The first-order chi connectivity index (χ1) is 12.7. The normalized spacial score (nSPS) is 17.5. The first kappa shape index (κ1) is 19.0. The summed E-state index contributed by atoms with van der Waals surface area (Å²) in [4.78, 5) is 28.7. The Morgan fingerprint density at radius 1 is 1.07 bits per heavy atom. The lowest BCUT2D eigenvalue weighted by molar-refractivity contribution is -0.127. The molecule has 1 aliphatic heterocycles. The number of fused-ring (bicyclic) bond motifs is 1. The van der Waals surface area contributed by atoms with Gasteiger partial charge in [-0.2, -0.15) is 0 Å². The highest BCUT2D eigenvalue weighted by molar-refractivity contribution is 6.06. The van der Waals surface area contributed by atoms with Gasteiger partial charge in [-0.3, -0.25) is 9.59 Å².